The molecule has 0 spiro atoms. The number of nitrogens with two attached hydrogens (primary N) is 1. The predicted molar refractivity (Wildman–Crippen MR) is 79.7 cm³/mol. The molecule has 4 nitrogen and oxygen atoms in total. The van der Waals surface area contributed by atoms with E-state index >= 15 is 0 Å². The van der Waals surface area contributed by atoms with Crippen molar-refractivity contribution in [2.75, 3.05) is 7.11 Å². The van der Waals surface area contributed by atoms with Gasteiger partial charge in [-0.25, -0.2) is 4.39 Å². The van der Waals surface area contributed by atoms with Crippen molar-refractivity contribution in [2.24, 2.45) is 5.73 Å². The molecular formula is C16H20FN3O. The van der Waals surface area contributed by atoms with Gasteiger partial charge in [0.15, 0.2) is 11.6 Å². The predicted octanol–water partition coefficient (Wildman–Crippen LogP) is 2.74. The normalized spacial score (nSPS) is 12.2. The Labute approximate surface area is 124 Å². The average Bonchev–Trinajstić information content (AvgIpc) is 2.49. The molecule has 0 aliphatic rings. The molecular weight excluding hydrogens is 269 g/mol. The minimum absolute atomic E-state index is 0.236. The van der Waals surface area contributed by atoms with E-state index in [1.54, 1.807) is 18.2 Å². The number of benzene rings is 1. The summed E-state index contributed by atoms with van der Waals surface area (Å²) in [5.74, 6) is -0.119. The molecule has 0 amide bonds. The molecule has 1 aromatic heterocycles. The minimum atomic E-state index is -0.354. The van der Waals surface area contributed by atoms with Gasteiger partial charge in [-0.15, -0.1) is 0 Å². The summed E-state index contributed by atoms with van der Waals surface area (Å²) in [5, 5.41) is 8.21. The molecule has 2 aromatic rings. The first-order chi connectivity index (χ1) is 10.1. The Morgan fingerprint density at radius 2 is 2.10 bits per heavy atom. The molecule has 1 unspecified atom stereocenters. The summed E-state index contributed by atoms with van der Waals surface area (Å²) in [4.78, 5) is 0. The summed E-state index contributed by atoms with van der Waals surface area (Å²) < 4.78 is 19.2. The van der Waals surface area contributed by atoms with Crippen LogP contribution in [0.15, 0.2) is 24.3 Å². The number of hydrogen-bond acceptors (Lipinski definition) is 4. The topological polar surface area (TPSA) is 61.0 Å². The van der Waals surface area contributed by atoms with Crippen LogP contribution in [0.5, 0.6) is 5.75 Å². The first kappa shape index (κ1) is 15.4. The standard InChI is InChI=1S/C16H20FN3O/c1-4-14-12(8-10(2)19-20-14)13(18)9-11-6-5-7-15(21-3)16(11)17/h5-8,13H,4,9,18H2,1-3H3. The van der Waals surface area contributed by atoms with Gasteiger partial charge < -0.3 is 10.5 Å². The maximum absolute atomic E-state index is 14.2. The molecule has 0 aliphatic heterocycles. The van der Waals surface area contributed by atoms with Crippen LogP contribution in [0.3, 0.4) is 0 Å². The van der Waals surface area contributed by atoms with Gasteiger partial charge in [0.05, 0.1) is 18.5 Å². The molecule has 112 valence electrons. The van der Waals surface area contributed by atoms with Crippen LogP contribution in [-0.4, -0.2) is 17.3 Å². The molecule has 2 rings (SSSR count). The summed E-state index contributed by atoms with van der Waals surface area (Å²) in [7, 11) is 1.45. The summed E-state index contributed by atoms with van der Waals surface area (Å²) in [6.45, 7) is 3.87. The van der Waals surface area contributed by atoms with Crippen molar-refractivity contribution in [3.05, 3.63) is 52.6 Å². The van der Waals surface area contributed by atoms with E-state index in [-0.39, 0.29) is 17.6 Å². The molecule has 0 fully saturated rings. The zero-order chi connectivity index (χ0) is 15.4. The second-order valence-corrected chi connectivity index (χ2v) is 4.99. The summed E-state index contributed by atoms with van der Waals surface area (Å²) in [6.07, 6.45) is 1.14. The summed E-state index contributed by atoms with van der Waals surface area (Å²) in [6, 6.07) is 6.69. The lowest BCUT2D eigenvalue weighted by atomic mass is 9.97. The van der Waals surface area contributed by atoms with Gasteiger partial charge in [-0.05, 0) is 43.0 Å². The first-order valence-corrected chi connectivity index (χ1v) is 6.96. The number of aromatic nitrogens is 2. The highest BCUT2D eigenvalue weighted by Crippen LogP contribution is 2.25. The van der Waals surface area contributed by atoms with Gasteiger partial charge in [-0.2, -0.15) is 10.2 Å². The Morgan fingerprint density at radius 1 is 1.33 bits per heavy atom. The van der Waals surface area contributed by atoms with E-state index in [0.29, 0.717) is 12.0 Å². The third-order valence-corrected chi connectivity index (χ3v) is 3.46. The Morgan fingerprint density at radius 3 is 2.76 bits per heavy atom. The van der Waals surface area contributed by atoms with Gasteiger partial charge in [-0.1, -0.05) is 19.1 Å². The van der Waals surface area contributed by atoms with Gasteiger partial charge in [0.25, 0.3) is 0 Å². The number of nitrogens with zero attached hydrogens (tertiary/aromatic N) is 2. The smallest absolute Gasteiger partial charge is 0.168 e. The Kier molecular flexibility index (Phi) is 4.85. The second kappa shape index (κ2) is 6.63. The van der Waals surface area contributed by atoms with Crippen LogP contribution in [0.2, 0.25) is 0 Å². The van der Waals surface area contributed by atoms with E-state index in [4.69, 9.17) is 10.5 Å². The van der Waals surface area contributed by atoms with Gasteiger partial charge in [0.2, 0.25) is 0 Å². The average molecular weight is 289 g/mol. The maximum Gasteiger partial charge on any atom is 0.168 e. The number of ether oxygens (including phenoxy) is 1. The molecule has 1 heterocycles. The number of methoxy groups -OCH3 is 1. The van der Waals surface area contributed by atoms with Crippen LogP contribution < -0.4 is 10.5 Å². The number of halogens is 1. The third kappa shape index (κ3) is 3.36. The van der Waals surface area contributed by atoms with Crippen molar-refractivity contribution in [3.8, 4) is 5.75 Å². The Balaban J connectivity index is 2.30. The lowest BCUT2D eigenvalue weighted by Crippen LogP contribution is -2.18. The van der Waals surface area contributed by atoms with Gasteiger partial charge in [0, 0.05) is 6.04 Å². The molecule has 21 heavy (non-hydrogen) atoms. The van der Waals surface area contributed by atoms with Crippen LogP contribution in [0.1, 0.15) is 35.5 Å². The van der Waals surface area contributed by atoms with Gasteiger partial charge in [0.1, 0.15) is 0 Å². The number of aryl methyl sites for hydroxylation is 2. The lowest BCUT2D eigenvalue weighted by molar-refractivity contribution is 0.383. The van der Waals surface area contributed by atoms with Crippen LogP contribution in [0.4, 0.5) is 4.39 Å². The highest BCUT2D eigenvalue weighted by molar-refractivity contribution is 5.33. The Bertz CT molecular complexity index is 631. The first-order valence-electron chi connectivity index (χ1n) is 6.96. The highest BCUT2D eigenvalue weighted by atomic mass is 19.1. The molecule has 0 saturated heterocycles. The van der Waals surface area contributed by atoms with Crippen molar-refractivity contribution in [1.29, 1.82) is 0 Å². The van der Waals surface area contributed by atoms with Crippen molar-refractivity contribution < 1.29 is 9.13 Å². The Hall–Kier alpha value is -2.01. The quantitative estimate of drug-likeness (QED) is 0.919. The molecule has 0 aliphatic carbocycles. The van der Waals surface area contributed by atoms with E-state index < -0.39 is 0 Å². The van der Waals surface area contributed by atoms with E-state index in [1.807, 2.05) is 19.9 Å². The summed E-state index contributed by atoms with van der Waals surface area (Å²) >= 11 is 0. The van der Waals surface area contributed by atoms with Gasteiger partial charge in [-0.3, -0.25) is 0 Å². The van der Waals surface area contributed by atoms with Crippen LogP contribution in [-0.2, 0) is 12.8 Å². The third-order valence-electron chi connectivity index (χ3n) is 3.46. The number of hydrogen-bond donors (Lipinski definition) is 1. The second-order valence-electron chi connectivity index (χ2n) is 4.99. The van der Waals surface area contributed by atoms with E-state index in [2.05, 4.69) is 10.2 Å². The van der Waals surface area contributed by atoms with Crippen molar-refractivity contribution >= 4 is 0 Å². The fraction of sp³-hybridized carbons (Fsp3) is 0.375. The summed E-state index contributed by atoms with van der Waals surface area (Å²) in [5.41, 5.74) is 9.39. The molecule has 0 radical (unpaired) electrons. The molecule has 0 saturated carbocycles. The molecule has 0 bridgehead atoms. The highest BCUT2D eigenvalue weighted by Gasteiger charge is 2.16. The van der Waals surface area contributed by atoms with Crippen molar-refractivity contribution in [3.63, 3.8) is 0 Å². The van der Waals surface area contributed by atoms with Crippen LogP contribution in [0.25, 0.3) is 0 Å². The van der Waals surface area contributed by atoms with Crippen LogP contribution in [0, 0.1) is 12.7 Å². The van der Waals surface area contributed by atoms with Crippen molar-refractivity contribution in [2.45, 2.75) is 32.7 Å². The molecule has 5 heteroatoms. The van der Waals surface area contributed by atoms with E-state index in [9.17, 15) is 4.39 Å². The molecule has 1 aromatic carbocycles. The largest absolute Gasteiger partial charge is 0.494 e. The zero-order valence-electron chi connectivity index (χ0n) is 12.6. The monoisotopic (exact) mass is 289 g/mol. The molecule has 2 N–H and O–H groups in total. The number of rotatable bonds is 5. The fourth-order valence-corrected chi connectivity index (χ4v) is 2.35. The lowest BCUT2D eigenvalue weighted by Gasteiger charge is -2.16. The van der Waals surface area contributed by atoms with E-state index in [0.717, 1.165) is 23.4 Å². The van der Waals surface area contributed by atoms with Crippen molar-refractivity contribution in [1.82, 2.24) is 10.2 Å². The van der Waals surface area contributed by atoms with Crippen LogP contribution >= 0.6 is 0 Å². The molecule has 1 atom stereocenters. The van der Waals surface area contributed by atoms with E-state index in [1.165, 1.54) is 7.11 Å². The zero-order valence-corrected chi connectivity index (χ0v) is 12.6. The van der Waals surface area contributed by atoms with Gasteiger partial charge >= 0.3 is 0 Å². The fourth-order valence-electron chi connectivity index (χ4n) is 2.35. The SMILES string of the molecule is CCc1nnc(C)cc1C(N)Cc1cccc(OC)c1F. The minimum Gasteiger partial charge on any atom is -0.494 e. The maximum atomic E-state index is 14.2.